The molecule has 1 heterocycles. The van der Waals surface area contributed by atoms with Gasteiger partial charge in [0.2, 0.25) is 6.79 Å². The van der Waals surface area contributed by atoms with Crippen LogP contribution >= 0.6 is 12.4 Å². The number of carbonyl (C=O) groups excluding carboxylic acids is 1. The minimum Gasteiger partial charge on any atom is -0.454 e. The molecule has 1 aromatic rings. The Balaban J connectivity index is 0.00000162. The Labute approximate surface area is 113 Å². The third-order valence-corrected chi connectivity index (χ3v) is 2.97. The molecule has 0 aromatic heterocycles. The van der Waals surface area contributed by atoms with Crippen molar-refractivity contribution < 1.29 is 14.3 Å². The maximum atomic E-state index is 12.3. The fourth-order valence-electron chi connectivity index (χ4n) is 2.03. The van der Waals surface area contributed by atoms with Crippen LogP contribution < -0.4 is 9.47 Å². The number of rotatable bonds is 4. The predicted molar refractivity (Wildman–Crippen MR) is 71.9 cm³/mol. The molecule has 1 aliphatic heterocycles. The van der Waals surface area contributed by atoms with Gasteiger partial charge >= 0.3 is 0 Å². The van der Waals surface area contributed by atoms with Gasteiger partial charge in [-0.2, -0.15) is 0 Å². The van der Waals surface area contributed by atoms with Crippen molar-refractivity contribution in [2.24, 2.45) is 0 Å². The van der Waals surface area contributed by atoms with Crippen molar-refractivity contribution in [2.45, 2.75) is 19.4 Å². The van der Waals surface area contributed by atoms with Gasteiger partial charge in [0.1, 0.15) is 0 Å². The zero-order valence-electron chi connectivity index (χ0n) is 10.8. The first-order valence-corrected chi connectivity index (χ1v) is 5.73. The van der Waals surface area contributed by atoms with Gasteiger partial charge < -0.3 is 9.47 Å². The first-order chi connectivity index (χ1) is 8.13. The molecule has 0 amide bonds. The van der Waals surface area contributed by atoms with Crippen LogP contribution in [0.3, 0.4) is 0 Å². The summed E-state index contributed by atoms with van der Waals surface area (Å²) in [6.45, 7) is 2.24. The molecule has 0 aliphatic carbocycles. The number of hydrogen-bond acceptors (Lipinski definition) is 4. The highest BCUT2D eigenvalue weighted by Crippen LogP contribution is 2.33. The van der Waals surface area contributed by atoms with Crippen LogP contribution in [-0.2, 0) is 0 Å². The molecule has 0 fully saturated rings. The van der Waals surface area contributed by atoms with Gasteiger partial charge in [0, 0.05) is 5.56 Å². The van der Waals surface area contributed by atoms with Gasteiger partial charge in [-0.1, -0.05) is 6.92 Å². The van der Waals surface area contributed by atoms with Gasteiger partial charge in [0.15, 0.2) is 17.3 Å². The predicted octanol–water partition coefficient (Wildman–Crippen LogP) is 2.36. The summed E-state index contributed by atoms with van der Waals surface area (Å²) in [7, 11) is 3.83. The Hall–Kier alpha value is -1.26. The lowest BCUT2D eigenvalue weighted by Gasteiger charge is -2.21. The monoisotopic (exact) mass is 271 g/mol. The van der Waals surface area contributed by atoms with E-state index in [2.05, 4.69) is 0 Å². The third-order valence-electron chi connectivity index (χ3n) is 2.97. The van der Waals surface area contributed by atoms with Gasteiger partial charge in [-0.05, 0) is 38.7 Å². The zero-order valence-corrected chi connectivity index (χ0v) is 11.6. The van der Waals surface area contributed by atoms with E-state index in [1.165, 1.54) is 0 Å². The second kappa shape index (κ2) is 6.07. The fraction of sp³-hybridized carbons (Fsp3) is 0.462. The molecule has 5 heteroatoms. The summed E-state index contributed by atoms with van der Waals surface area (Å²) < 4.78 is 10.5. The summed E-state index contributed by atoms with van der Waals surface area (Å²) >= 11 is 0. The largest absolute Gasteiger partial charge is 0.454 e. The van der Waals surface area contributed by atoms with E-state index in [1.54, 1.807) is 18.2 Å². The summed E-state index contributed by atoms with van der Waals surface area (Å²) in [6, 6.07) is 5.26. The van der Waals surface area contributed by atoms with Crippen molar-refractivity contribution in [1.82, 2.24) is 4.90 Å². The topological polar surface area (TPSA) is 38.8 Å². The van der Waals surface area contributed by atoms with Crippen molar-refractivity contribution in [1.29, 1.82) is 0 Å². The van der Waals surface area contributed by atoms with Crippen LogP contribution in [0, 0.1) is 0 Å². The quantitative estimate of drug-likeness (QED) is 0.788. The fourth-order valence-corrected chi connectivity index (χ4v) is 2.03. The van der Waals surface area contributed by atoms with Crippen molar-refractivity contribution in [2.75, 3.05) is 20.9 Å². The molecule has 4 nitrogen and oxygen atoms in total. The van der Waals surface area contributed by atoms with E-state index in [0.29, 0.717) is 17.1 Å². The number of ether oxygens (including phenoxy) is 2. The summed E-state index contributed by atoms with van der Waals surface area (Å²) in [6.07, 6.45) is 0.792. The van der Waals surface area contributed by atoms with E-state index >= 15 is 0 Å². The van der Waals surface area contributed by atoms with E-state index in [0.717, 1.165) is 6.42 Å². The summed E-state index contributed by atoms with van der Waals surface area (Å²) in [5.74, 6) is 1.49. The first-order valence-electron chi connectivity index (χ1n) is 5.73. The lowest BCUT2D eigenvalue weighted by molar-refractivity contribution is 0.0871. The molecule has 0 radical (unpaired) electrons. The molecule has 0 bridgehead atoms. The Morgan fingerprint density at radius 2 is 2.00 bits per heavy atom. The normalized spacial score (nSPS) is 14.2. The number of fused-ring (bicyclic) bond motifs is 1. The lowest BCUT2D eigenvalue weighted by Crippen LogP contribution is -2.35. The van der Waals surface area contributed by atoms with Crippen LogP contribution in [0.2, 0.25) is 0 Å². The summed E-state index contributed by atoms with van der Waals surface area (Å²) in [5.41, 5.74) is 0.676. The van der Waals surface area contributed by atoms with Gasteiger partial charge in [-0.25, -0.2) is 0 Å². The van der Waals surface area contributed by atoms with Crippen LogP contribution in [-0.4, -0.2) is 37.6 Å². The van der Waals surface area contributed by atoms with Crippen LogP contribution in [0.1, 0.15) is 23.7 Å². The minimum absolute atomic E-state index is 0. The maximum Gasteiger partial charge on any atom is 0.231 e. The highest BCUT2D eigenvalue weighted by atomic mass is 35.5. The molecule has 1 atom stereocenters. The van der Waals surface area contributed by atoms with E-state index < -0.39 is 0 Å². The average Bonchev–Trinajstić information content (AvgIpc) is 2.75. The van der Waals surface area contributed by atoms with Crippen LogP contribution in [0.25, 0.3) is 0 Å². The molecule has 1 aliphatic rings. The van der Waals surface area contributed by atoms with Gasteiger partial charge in [0.05, 0.1) is 6.04 Å². The Morgan fingerprint density at radius 3 is 2.61 bits per heavy atom. The number of nitrogens with zero attached hydrogens (tertiary/aromatic N) is 1. The van der Waals surface area contributed by atoms with E-state index in [9.17, 15) is 4.79 Å². The average molecular weight is 272 g/mol. The van der Waals surface area contributed by atoms with Gasteiger partial charge in [0.25, 0.3) is 0 Å². The van der Waals surface area contributed by atoms with Crippen molar-refractivity contribution in [3.63, 3.8) is 0 Å². The zero-order chi connectivity index (χ0) is 12.4. The summed E-state index contributed by atoms with van der Waals surface area (Å²) in [5, 5.41) is 0. The molecular weight excluding hydrogens is 254 g/mol. The van der Waals surface area contributed by atoms with Crippen LogP contribution in [0.4, 0.5) is 0 Å². The van der Waals surface area contributed by atoms with E-state index in [1.807, 2.05) is 25.9 Å². The molecule has 100 valence electrons. The third kappa shape index (κ3) is 2.76. The van der Waals surface area contributed by atoms with Crippen molar-refractivity contribution in [3.05, 3.63) is 23.8 Å². The molecular formula is C13H18ClNO3. The molecule has 2 rings (SSSR count). The molecule has 0 spiro atoms. The number of hydrogen-bond donors (Lipinski definition) is 0. The molecule has 1 unspecified atom stereocenters. The highest BCUT2D eigenvalue weighted by Gasteiger charge is 2.22. The van der Waals surface area contributed by atoms with Crippen molar-refractivity contribution >= 4 is 18.2 Å². The smallest absolute Gasteiger partial charge is 0.231 e. The minimum atomic E-state index is -0.0876. The van der Waals surface area contributed by atoms with E-state index in [-0.39, 0.29) is 31.0 Å². The molecule has 18 heavy (non-hydrogen) atoms. The molecule has 0 saturated carbocycles. The van der Waals surface area contributed by atoms with Crippen LogP contribution in [0.15, 0.2) is 18.2 Å². The number of Topliss-reactive ketones (excluding diaryl/α,β-unsaturated/α-hetero) is 1. The lowest BCUT2D eigenvalue weighted by atomic mass is 10.0. The van der Waals surface area contributed by atoms with Gasteiger partial charge in [-0.15, -0.1) is 12.4 Å². The Morgan fingerprint density at radius 1 is 1.33 bits per heavy atom. The molecule has 1 aromatic carbocycles. The number of carbonyl (C=O) groups is 1. The highest BCUT2D eigenvalue weighted by molar-refractivity contribution is 6.00. The Bertz CT molecular complexity index is 434. The van der Waals surface area contributed by atoms with Gasteiger partial charge in [-0.3, -0.25) is 9.69 Å². The second-order valence-corrected chi connectivity index (χ2v) is 4.32. The standard InChI is InChI=1S/C13H17NO3.ClH/c1-4-10(14(2)3)13(15)9-5-6-11-12(7-9)17-8-16-11;/h5-7,10H,4,8H2,1-3H3;1H. The SMILES string of the molecule is CCC(C(=O)c1ccc2c(c1)OCO2)N(C)C.Cl. The number of halogens is 1. The van der Waals surface area contributed by atoms with E-state index in [4.69, 9.17) is 9.47 Å². The number of benzene rings is 1. The maximum absolute atomic E-state index is 12.3. The summed E-state index contributed by atoms with van der Waals surface area (Å²) in [4.78, 5) is 14.2. The second-order valence-electron chi connectivity index (χ2n) is 4.32. The molecule has 0 N–H and O–H groups in total. The Kier molecular flexibility index (Phi) is 4.99. The molecule has 0 saturated heterocycles. The number of likely N-dealkylation sites (N-methyl/N-ethyl adjacent to an activating group) is 1. The first kappa shape index (κ1) is 14.8. The van der Waals surface area contributed by atoms with Crippen molar-refractivity contribution in [3.8, 4) is 11.5 Å². The van der Waals surface area contributed by atoms with Crippen LogP contribution in [0.5, 0.6) is 11.5 Å². The number of ketones is 1.